The van der Waals surface area contributed by atoms with Gasteiger partial charge in [0.15, 0.2) is 5.76 Å². The summed E-state index contributed by atoms with van der Waals surface area (Å²) in [5.74, 6) is 0.993. The van der Waals surface area contributed by atoms with Crippen molar-refractivity contribution in [2.24, 2.45) is 0 Å². The van der Waals surface area contributed by atoms with Gasteiger partial charge in [0, 0.05) is 10.7 Å². The van der Waals surface area contributed by atoms with Gasteiger partial charge in [-0.1, -0.05) is 0 Å². The third-order valence-electron chi connectivity index (χ3n) is 1.80. The molecular formula is C9H8BrN3O2. The van der Waals surface area contributed by atoms with Crippen LogP contribution in [0.4, 0.5) is 6.01 Å². The van der Waals surface area contributed by atoms with Crippen LogP contribution in [0, 0.1) is 0 Å². The predicted molar refractivity (Wildman–Crippen MR) is 58.4 cm³/mol. The predicted octanol–water partition coefficient (Wildman–Crippen LogP) is 2.09. The van der Waals surface area contributed by atoms with Crippen LogP contribution < -0.4 is 10.5 Å². The summed E-state index contributed by atoms with van der Waals surface area (Å²) in [6, 6.07) is 1.94. The number of hydrogen-bond acceptors (Lipinski definition) is 5. The second-order valence-electron chi connectivity index (χ2n) is 2.77. The zero-order valence-electron chi connectivity index (χ0n) is 7.90. The second-order valence-corrected chi connectivity index (χ2v) is 3.69. The summed E-state index contributed by atoms with van der Waals surface area (Å²) in [5.41, 5.74) is 6.10. The topological polar surface area (TPSA) is 74.2 Å². The number of rotatable bonds is 2. The normalized spacial score (nSPS) is 10.3. The van der Waals surface area contributed by atoms with Crippen LogP contribution in [-0.4, -0.2) is 17.1 Å². The number of halogens is 1. The van der Waals surface area contributed by atoms with Gasteiger partial charge in [0.05, 0.1) is 18.9 Å². The van der Waals surface area contributed by atoms with Crippen molar-refractivity contribution in [2.75, 3.05) is 12.8 Å². The Hall–Kier alpha value is -1.56. The van der Waals surface area contributed by atoms with E-state index in [1.54, 1.807) is 13.3 Å². The Kier molecular flexibility index (Phi) is 2.59. The molecule has 2 N–H and O–H groups in total. The average molecular weight is 270 g/mol. The first-order valence-corrected chi connectivity index (χ1v) is 4.91. The van der Waals surface area contributed by atoms with Crippen LogP contribution in [0.15, 0.2) is 27.3 Å². The molecule has 0 unspecified atom stereocenters. The van der Waals surface area contributed by atoms with Crippen LogP contribution in [-0.2, 0) is 0 Å². The summed E-state index contributed by atoms with van der Waals surface area (Å²) < 4.78 is 11.1. The lowest BCUT2D eigenvalue weighted by molar-refractivity contribution is 0.398. The molecule has 0 atom stereocenters. The maximum absolute atomic E-state index is 5.39. The third-order valence-corrected chi connectivity index (χ3v) is 2.23. The van der Waals surface area contributed by atoms with E-state index in [9.17, 15) is 0 Å². The standard InChI is InChI=1S/C9H8BrN3O2/c1-14-8-6(2-5(10)3-12-8)7-4-13-9(11)15-7/h2-4H,1H3,(H2,11,13). The van der Waals surface area contributed by atoms with Gasteiger partial charge in [-0.3, -0.25) is 0 Å². The molecule has 2 aromatic heterocycles. The number of nitrogens with zero attached hydrogens (tertiary/aromatic N) is 2. The summed E-state index contributed by atoms with van der Waals surface area (Å²) in [4.78, 5) is 7.90. The van der Waals surface area contributed by atoms with E-state index in [0.29, 0.717) is 17.2 Å². The van der Waals surface area contributed by atoms with Crippen molar-refractivity contribution in [3.05, 3.63) is 22.9 Å². The summed E-state index contributed by atoms with van der Waals surface area (Å²) in [7, 11) is 1.54. The Labute approximate surface area is 94.4 Å². The molecule has 0 amide bonds. The zero-order valence-corrected chi connectivity index (χ0v) is 9.48. The molecule has 5 nitrogen and oxygen atoms in total. The number of aromatic nitrogens is 2. The molecule has 0 aliphatic rings. The van der Waals surface area contributed by atoms with Crippen molar-refractivity contribution in [1.82, 2.24) is 9.97 Å². The highest BCUT2D eigenvalue weighted by molar-refractivity contribution is 9.10. The molecule has 0 radical (unpaired) electrons. The van der Waals surface area contributed by atoms with Crippen LogP contribution in [0.2, 0.25) is 0 Å². The van der Waals surface area contributed by atoms with Crippen molar-refractivity contribution < 1.29 is 9.15 Å². The number of ether oxygens (including phenoxy) is 1. The van der Waals surface area contributed by atoms with Crippen molar-refractivity contribution in [1.29, 1.82) is 0 Å². The van der Waals surface area contributed by atoms with Crippen LogP contribution in [0.1, 0.15) is 0 Å². The summed E-state index contributed by atoms with van der Waals surface area (Å²) in [6.07, 6.45) is 3.17. The largest absolute Gasteiger partial charge is 0.480 e. The van der Waals surface area contributed by atoms with E-state index in [0.717, 1.165) is 4.47 Å². The van der Waals surface area contributed by atoms with Gasteiger partial charge in [-0.15, -0.1) is 0 Å². The summed E-state index contributed by atoms with van der Waals surface area (Å²) in [6.45, 7) is 0. The fourth-order valence-electron chi connectivity index (χ4n) is 1.18. The molecule has 0 bridgehead atoms. The number of nitrogens with two attached hydrogens (primary N) is 1. The Morgan fingerprint density at radius 1 is 1.40 bits per heavy atom. The van der Waals surface area contributed by atoms with E-state index >= 15 is 0 Å². The van der Waals surface area contributed by atoms with Crippen molar-refractivity contribution in [2.45, 2.75) is 0 Å². The average Bonchev–Trinajstić information content (AvgIpc) is 2.65. The lowest BCUT2D eigenvalue weighted by atomic mass is 10.2. The molecule has 0 aliphatic carbocycles. The number of anilines is 1. The van der Waals surface area contributed by atoms with Gasteiger partial charge in [0.25, 0.3) is 6.01 Å². The lowest BCUT2D eigenvalue weighted by Crippen LogP contribution is -1.90. The Balaban J connectivity index is 2.55. The van der Waals surface area contributed by atoms with Gasteiger partial charge < -0.3 is 14.9 Å². The molecule has 0 saturated carbocycles. The molecule has 0 aromatic carbocycles. The number of methoxy groups -OCH3 is 1. The highest BCUT2D eigenvalue weighted by Gasteiger charge is 2.12. The van der Waals surface area contributed by atoms with E-state index in [1.165, 1.54) is 6.20 Å². The highest BCUT2D eigenvalue weighted by Crippen LogP contribution is 2.31. The molecule has 78 valence electrons. The smallest absolute Gasteiger partial charge is 0.292 e. The molecule has 0 fully saturated rings. The van der Waals surface area contributed by atoms with Crippen LogP contribution in [0.3, 0.4) is 0 Å². The molecule has 0 saturated heterocycles. The monoisotopic (exact) mass is 269 g/mol. The quantitative estimate of drug-likeness (QED) is 0.904. The van der Waals surface area contributed by atoms with Crippen LogP contribution >= 0.6 is 15.9 Å². The van der Waals surface area contributed by atoms with E-state index in [4.69, 9.17) is 14.9 Å². The van der Waals surface area contributed by atoms with Crippen LogP contribution in [0.25, 0.3) is 11.3 Å². The molecule has 0 spiro atoms. The van der Waals surface area contributed by atoms with E-state index in [-0.39, 0.29) is 6.01 Å². The Bertz CT molecular complexity index is 484. The van der Waals surface area contributed by atoms with E-state index < -0.39 is 0 Å². The minimum Gasteiger partial charge on any atom is -0.480 e. The third kappa shape index (κ3) is 1.94. The number of oxazole rings is 1. The van der Waals surface area contributed by atoms with Gasteiger partial charge in [0.1, 0.15) is 0 Å². The zero-order chi connectivity index (χ0) is 10.8. The first-order chi connectivity index (χ1) is 7.20. The lowest BCUT2D eigenvalue weighted by Gasteiger charge is -2.04. The highest BCUT2D eigenvalue weighted by atomic mass is 79.9. The molecule has 2 rings (SSSR count). The van der Waals surface area contributed by atoms with Crippen molar-refractivity contribution >= 4 is 21.9 Å². The van der Waals surface area contributed by atoms with Gasteiger partial charge in [-0.25, -0.2) is 9.97 Å². The number of pyridine rings is 1. The molecule has 2 heterocycles. The molecule has 6 heteroatoms. The SMILES string of the molecule is COc1ncc(Br)cc1-c1cnc(N)o1. The first-order valence-electron chi connectivity index (χ1n) is 4.12. The van der Waals surface area contributed by atoms with E-state index in [1.807, 2.05) is 6.07 Å². The second kappa shape index (κ2) is 3.90. The minimum absolute atomic E-state index is 0.118. The fourth-order valence-corrected chi connectivity index (χ4v) is 1.51. The van der Waals surface area contributed by atoms with Crippen molar-refractivity contribution in [3.8, 4) is 17.2 Å². The Morgan fingerprint density at radius 3 is 2.80 bits per heavy atom. The maximum atomic E-state index is 5.39. The van der Waals surface area contributed by atoms with Crippen molar-refractivity contribution in [3.63, 3.8) is 0 Å². The number of nitrogen functional groups attached to an aromatic ring is 1. The number of hydrogen-bond donors (Lipinski definition) is 1. The van der Waals surface area contributed by atoms with Gasteiger partial charge >= 0.3 is 0 Å². The molecule has 15 heavy (non-hydrogen) atoms. The van der Waals surface area contributed by atoms with E-state index in [2.05, 4.69) is 25.9 Å². The summed E-state index contributed by atoms with van der Waals surface area (Å²) >= 11 is 3.32. The molecular weight excluding hydrogens is 262 g/mol. The summed E-state index contributed by atoms with van der Waals surface area (Å²) in [5, 5.41) is 0. The fraction of sp³-hybridized carbons (Fsp3) is 0.111. The molecule has 0 aliphatic heterocycles. The first kappa shape index (κ1) is 9.97. The minimum atomic E-state index is 0.118. The maximum Gasteiger partial charge on any atom is 0.292 e. The van der Waals surface area contributed by atoms with Gasteiger partial charge in [-0.2, -0.15) is 0 Å². The van der Waals surface area contributed by atoms with Gasteiger partial charge in [-0.05, 0) is 22.0 Å². The van der Waals surface area contributed by atoms with Gasteiger partial charge in [0.2, 0.25) is 5.88 Å². The Morgan fingerprint density at radius 2 is 2.20 bits per heavy atom. The van der Waals surface area contributed by atoms with Crippen LogP contribution in [0.5, 0.6) is 5.88 Å². The molecule has 2 aromatic rings.